The standard InChI is InChI=1S/C29H24F2N6O4/c1-17-7-11-20(12-8-17)36-27(39)25-26(28(36)40)35(34-32-25)16-24(38)37-23(19-5-3-2-4-6-19)15-22(33-37)18-9-13-21(14-10-18)41-29(30)31/h2-14,23,25-26,29H,15-16H2,1H3/t23-,25-,26-/m1/s1. The number of benzene rings is 3. The summed E-state index contributed by atoms with van der Waals surface area (Å²) in [4.78, 5) is 41.1. The average molecular weight is 559 g/mol. The van der Waals surface area contributed by atoms with Gasteiger partial charge >= 0.3 is 6.61 Å². The van der Waals surface area contributed by atoms with Crippen molar-refractivity contribution in [3.05, 3.63) is 95.6 Å². The van der Waals surface area contributed by atoms with Crippen LogP contribution in [0.5, 0.6) is 5.75 Å². The van der Waals surface area contributed by atoms with E-state index in [0.29, 0.717) is 23.4 Å². The third-order valence-electron chi connectivity index (χ3n) is 7.21. The maximum Gasteiger partial charge on any atom is 0.387 e. The third kappa shape index (κ3) is 4.92. The van der Waals surface area contributed by atoms with Crippen molar-refractivity contribution >= 4 is 29.1 Å². The van der Waals surface area contributed by atoms with E-state index in [4.69, 9.17) is 0 Å². The second-order valence-corrected chi connectivity index (χ2v) is 9.86. The summed E-state index contributed by atoms with van der Waals surface area (Å²) in [5, 5.41) is 15.2. The van der Waals surface area contributed by atoms with Crippen LogP contribution >= 0.6 is 0 Å². The molecule has 3 amide bonds. The molecule has 10 nitrogen and oxygen atoms in total. The van der Waals surface area contributed by atoms with Crippen LogP contribution in [0.25, 0.3) is 0 Å². The van der Waals surface area contributed by atoms with Crippen molar-refractivity contribution in [2.75, 3.05) is 11.4 Å². The van der Waals surface area contributed by atoms with E-state index in [1.165, 1.54) is 22.2 Å². The Morgan fingerprint density at radius 2 is 1.68 bits per heavy atom. The molecule has 3 aliphatic heterocycles. The fourth-order valence-corrected chi connectivity index (χ4v) is 5.19. The van der Waals surface area contributed by atoms with Crippen LogP contribution in [0.3, 0.4) is 0 Å². The highest BCUT2D eigenvalue weighted by atomic mass is 19.3. The SMILES string of the molecule is Cc1ccc(N2C(=O)[C@@H]3N=NN(CC(=O)N4N=C(c5ccc(OC(F)F)cc5)C[C@@H]4c4ccccc4)[C@H]3C2=O)cc1. The summed E-state index contributed by atoms with van der Waals surface area (Å²) in [7, 11) is 0. The van der Waals surface area contributed by atoms with E-state index in [-0.39, 0.29) is 12.3 Å². The van der Waals surface area contributed by atoms with Crippen LogP contribution < -0.4 is 9.64 Å². The fourth-order valence-electron chi connectivity index (χ4n) is 5.19. The van der Waals surface area contributed by atoms with Crippen molar-refractivity contribution in [3.63, 3.8) is 0 Å². The molecule has 3 aromatic rings. The fraction of sp³-hybridized carbons (Fsp3) is 0.241. The number of carbonyl (C=O) groups is 3. The molecule has 3 aliphatic rings. The first-order valence-corrected chi connectivity index (χ1v) is 12.9. The average Bonchev–Trinajstić information content (AvgIpc) is 3.65. The zero-order valence-corrected chi connectivity index (χ0v) is 21.8. The zero-order chi connectivity index (χ0) is 28.7. The third-order valence-corrected chi connectivity index (χ3v) is 7.21. The van der Waals surface area contributed by atoms with Gasteiger partial charge in [0.05, 0.1) is 17.4 Å². The Balaban J connectivity index is 1.23. The number of amides is 3. The van der Waals surface area contributed by atoms with Crippen LogP contribution in [0.1, 0.15) is 29.2 Å². The highest BCUT2D eigenvalue weighted by Gasteiger charge is 2.55. The van der Waals surface area contributed by atoms with Crippen LogP contribution in [0, 0.1) is 6.92 Å². The predicted molar refractivity (Wildman–Crippen MR) is 143 cm³/mol. The van der Waals surface area contributed by atoms with E-state index in [1.807, 2.05) is 37.3 Å². The zero-order valence-electron chi connectivity index (χ0n) is 21.8. The largest absolute Gasteiger partial charge is 0.435 e. The number of hydrogen-bond acceptors (Lipinski definition) is 8. The van der Waals surface area contributed by atoms with Gasteiger partial charge in [0.2, 0.25) is 0 Å². The van der Waals surface area contributed by atoms with Gasteiger partial charge in [-0.3, -0.25) is 19.4 Å². The van der Waals surface area contributed by atoms with Gasteiger partial charge in [-0.2, -0.15) is 19.0 Å². The van der Waals surface area contributed by atoms with E-state index in [2.05, 4.69) is 20.2 Å². The highest BCUT2D eigenvalue weighted by Crippen LogP contribution is 2.35. The molecular weight excluding hydrogens is 534 g/mol. The van der Waals surface area contributed by atoms with Gasteiger partial charge in [0, 0.05) is 6.42 Å². The monoisotopic (exact) mass is 558 g/mol. The van der Waals surface area contributed by atoms with Gasteiger partial charge in [0.25, 0.3) is 17.7 Å². The number of aryl methyl sites for hydroxylation is 1. The predicted octanol–water partition coefficient (Wildman–Crippen LogP) is 4.27. The molecule has 0 aliphatic carbocycles. The number of imide groups is 1. The molecule has 3 aromatic carbocycles. The normalized spacial score (nSPS) is 21.6. The van der Waals surface area contributed by atoms with Gasteiger partial charge in [-0.05, 0) is 54.4 Å². The number of anilines is 1. The number of nitrogens with zero attached hydrogens (tertiary/aromatic N) is 6. The van der Waals surface area contributed by atoms with E-state index in [1.54, 1.807) is 36.4 Å². The van der Waals surface area contributed by atoms with Crippen LogP contribution in [0.2, 0.25) is 0 Å². The molecule has 41 heavy (non-hydrogen) atoms. The number of ether oxygens (including phenoxy) is 1. The lowest BCUT2D eigenvalue weighted by Crippen LogP contribution is -2.44. The number of hydrogen-bond donors (Lipinski definition) is 0. The number of hydrazone groups is 1. The molecule has 3 atom stereocenters. The first kappa shape index (κ1) is 26.2. The topological polar surface area (TPSA) is 107 Å². The molecule has 6 rings (SSSR count). The number of alkyl halides is 2. The lowest BCUT2D eigenvalue weighted by molar-refractivity contribution is -0.135. The van der Waals surface area contributed by atoms with Crippen molar-refractivity contribution in [2.24, 2.45) is 15.4 Å². The van der Waals surface area contributed by atoms with Crippen molar-refractivity contribution < 1.29 is 27.9 Å². The molecule has 0 aromatic heterocycles. The summed E-state index contributed by atoms with van der Waals surface area (Å²) in [6.45, 7) is -1.36. The van der Waals surface area contributed by atoms with Gasteiger partial charge in [-0.1, -0.05) is 53.3 Å². The molecule has 0 unspecified atom stereocenters. The van der Waals surface area contributed by atoms with E-state index >= 15 is 0 Å². The molecule has 1 saturated heterocycles. The minimum absolute atomic E-state index is 0.0132. The smallest absolute Gasteiger partial charge is 0.387 e. The molecule has 12 heteroatoms. The number of rotatable bonds is 7. The maximum atomic E-state index is 13.7. The minimum Gasteiger partial charge on any atom is -0.435 e. The molecule has 208 valence electrons. The number of halogens is 2. The van der Waals surface area contributed by atoms with Crippen molar-refractivity contribution in [1.82, 2.24) is 10.0 Å². The Hall–Kier alpha value is -5.00. The van der Waals surface area contributed by atoms with E-state index in [0.717, 1.165) is 16.0 Å². The highest BCUT2D eigenvalue weighted by molar-refractivity contribution is 6.25. The van der Waals surface area contributed by atoms with Crippen LogP contribution in [0.15, 0.2) is 94.3 Å². The molecule has 3 heterocycles. The summed E-state index contributed by atoms with van der Waals surface area (Å²) in [5.41, 5.74) is 3.49. The van der Waals surface area contributed by atoms with Gasteiger partial charge in [-0.25, -0.2) is 9.91 Å². The molecular formula is C29H24F2N6O4. The quantitative estimate of drug-likeness (QED) is 0.403. The van der Waals surface area contributed by atoms with Gasteiger partial charge < -0.3 is 4.74 Å². The van der Waals surface area contributed by atoms with Crippen molar-refractivity contribution in [1.29, 1.82) is 0 Å². The Morgan fingerprint density at radius 1 is 0.976 bits per heavy atom. The lowest BCUT2D eigenvalue weighted by Gasteiger charge is -2.25. The number of fused-ring (bicyclic) bond motifs is 1. The minimum atomic E-state index is -2.94. The molecule has 0 spiro atoms. The van der Waals surface area contributed by atoms with Crippen LogP contribution in [-0.2, 0) is 14.4 Å². The Morgan fingerprint density at radius 3 is 2.37 bits per heavy atom. The summed E-state index contributed by atoms with van der Waals surface area (Å²) in [6.07, 6.45) is 0.372. The summed E-state index contributed by atoms with van der Waals surface area (Å²) >= 11 is 0. The second-order valence-electron chi connectivity index (χ2n) is 9.86. The van der Waals surface area contributed by atoms with E-state index in [9.17, 15) is 23.2 Å². The molecule has 0 radical (unpaired) electrons. The van der Waals surface area contributed by atoms with Crippen LogP contribution in [0.4, 0.5) is 14.5 Å². The van der Waals surface area contributed by atoms with E-state index < -0.39 is 42.5 Å². The second kappa shape index (κ2) is 10.5. The van der Waals surface area contributed by atoms with Crippen molar-refractivity contribution in [3.8, 4) is 5.75 Å². The summed E-state index contributed by atoms with van der Waals surface area (Å²) in [5.74, 6) is -1.43. The Labute approximate surface area is 233 Å². The first-order valence-electron chi connectivity index (χ1n) is 12.9. The molecule has 0 saturated carbocycles. The molecule has 0 N–H and O–H groups in total. The summed E-state index contributed by atoms with van der Waals surface area (Å²) in [6, 6.07) is 19.9. The number of carbonyl (C=O) groups excluding carboxylic acids is 3. The summed E-state index contributed by atoms with van der Waals surface area (Å²) < 4.78 is 29.6. The van der Waals surface area contributed by atoms with Gasteiger partial charge in [-0.15, -0.1) is 0 Å². The van der Waals surface area contributed by atoms with Gasteiger partial charge in [0.1, 0.15) is 12.3 Å². The maximum absolute atomic E-state index is 13.7. The lowest BCUT2D eigenvalue weighted by atomic mass is 9.98. The molecule has 1 fully saturated rings. The van der Waals surface area contributed by atoms with Crippen LogP contribution in [-0.4, -0.2) is 58.7 Å². The van der Waals surface area contributed by atoms with Gasteiger partial charge in [0.15, 0.2) is 12.1 Å². The Bertz CT molecular complexity index is 1550. The molecule has 0 bridgehead atoms. The Kier molecular flexibility index (Phi) is 6.73. The first-order chi connectivity index (χ1) is 19.8. The van der Waals surface area contributed by atoms with Crippen molar-refractivity contribution in [2.45, 2.75) is 38.1 Å².